The molecule has 5 heteroatoms. The topological polar surface area (TPSA) is 52.6 Å². The van der Waals surface area contributed by atoms with Crippen molar-refractivity contribution in [2.45, 2.75) is 25.7 Å². The normalized spacial score (nSPS) is 11.2. The van der Waals surface area contributed by atoms with E-state index in [1.165, 1.54) is 13.2 Å². The van der Waals surface area contributed by atoms with Crippen LogP contribution in [-0.2, 0) is 10.1 Å². The van der Waals surface area contributed by atoms with Crippen LogP contribution in [0.25, 0.3) is 0 Å². The molecule has 0 bridgehead atoms. The maximum Gasteiger partial charge on any atom is 0.342 e. The van der Waals surface area contributed by atoms with E-state index in [9.17, 15) is 8.42 Å². The molecule has 2 aromatic carbocycles. The van der Waals surface area contributed by atoms with Crippen LogP contribution < -0.4 is 8.92 Å². The van der Waals surface area contributed by atoms with Crippen molar-refractivity contribution in [3.63, 3.8) is 0 Å². The van der Waals surface area contributed by atoms with Gasteiger partial charge in [-0.2, -0.15) is 8.42 Å². The third-order valence-corrected chi connectivity index (χ3v) is 4.67. The van der Waals surface area contributed by atoms with E-state index in [0.717, 1.165) is 16.7 Å². The lowest BCUT2D eigenvalue weighted by atomic mass is 10.1. The number of ether oxygens (including phenoxy) is 1. The highest BCUT2D eigenvalue weighted by Gasteiger charge is 2.23. The van der Waals surface area contributed by atoms with Crippen molar-refractivity contribution < 1.29 is 17.3 Å². The number of hydrogen-bond acceptors (Lipinski definition) is 4. The molecule has 4 nitrogen and oxygen atoms in total. The summed E-state index contributed by atoms with van der Waals surface area (Å²) in [5.41, 5.74) is 2.57. The number of benzene rings is 2. The highest BCUT2D eigenvalue weighted by atomic mass is 32.2. The first-order valence-electron chi connectivity index (χ1n) is 6.51. The Morgan fingerprint density at radius 2 is 1.52 bits per heavy atom. The zero-order valence-electron chi connectivity index (χ0n) is 12.5. The molecule has 112 valence electrons. The minimum absolute atomic E-state index is 0.0211. The molecule has 0 aliphatic heterocycles. The van der Waals surface area contributed by atoms with Gasteiger partial charge in [0.1, 0.15) is 16.4 Å². The van der Waals surface area contributed by atoms with Crippen LogP contribution in [0.15, 0.2) is 41.3 Å². The van der Waals surface area contributed by atoms with Crippen LogP contribution in [-0.4, -0.2) is 15.5 Å². The van der Waals surface area contributed by atoms with Crippen molar-refractivity contribution in [1.29, 1.82) is 0 Å². The Hall–Kier alpha value is -2.01. The predicted molar refractivity (Wildman–Crippen MR) is 81.5 cm³/mol. The molecule has 0 heterocycles. The van der Waals surface area contributed by atoms with Crippen LogP contribution >= 0.6 is 0 Å². The van der Waals surface area contributed by atoms with Crippen molar-refractivity contribution >= 4 is 10.1 Å². The second kappa shape index (κ2) is 5.77. The van der Waals surface area contributed by atoms with E-state index in [1.54, 1.807) is 18.2 Å². The van der Waals surface area contributed by atoms with E-state index in [1.807, 2.05) is 32.9 Å². The molecule has 0 spiro atoms. The minimum Gasteiger partial charge on any atom is -0.495 e. The Kier molecular flexibility index (Phi) is 4.23. The molecule has 0 aliphatic rings. The molecule has 0 atom stereocenters. The average molecular weight is 306 g/mol. The average Bonchev–Trinajstić information content (AvgIpc) is 2.47. The third-order valence-electron chi connectivity index (χ3n) is 3.41. The van der Waals surface area contributed by atoms with Crippen LogP contribution in [0.2, 0.25) is 0 Å². The third kappa shape index (κ3) is 3.03. The van der Waals surface area contributed by atoms with Crippen molar-refractivity contribution in [1.82, 2.24) is 0 Å². The smallest absolute Gasteiger partial charge is 0.342 e. The molecule has 2 aromatic rings. The summed E-state index contributed by atoms with van der Waals surface area (Å²) in [7, 11) is -2.51. The predicted octanol–water partition coefficient (Wildman–Crippen LogP) is 3.39. The van der Waals surface area contributed by atoms with Crippen molar-refractivity contribution in [2.75, 3.05) is 7.11 Å². The van der Waals surface area contributed by atoms with E-state index in [2.05, 4.69) is 0 Å². The summed E-state index contributed by atoms with van der Waals surface area (Å²) in [5, 5.41) is 0. The van der Waals surface area contributed by atoms with E-state index < -0.39 is 10.1 Å². The Labute approximate surface area is 125 Å². The Balaban J connectivity index is 2.50. The van der Waals surface area contributed by atoms with E-state index in [4.69, 9.17) is 8.92 Å². The van der Waals surface area contributed by atoms with Crippen molar-refractivity contribution in [3.8, 4) is 11.5 Å². The first-order valence-corrected chi connectivity index (χ1v) is 7.92. The van der Waals surface area contributed by atoms with E-state index in [0.29, 0.717) is 5.75 Å². The summed E-state index contributed by atoms with van der Waals surface area (Å²) < 4.78 is 35.4. The van der Waals surface area contributed by atoms with Gasteiger partial charge in [0.2, 0.25) is 0 Å². The number of aryl methyl sites for hydroxylation is 2. The molecule has 0 unspecified atom stereocenters. The molecule has 0 amide bonds. The molecule has 0 fully saturated rings. The van der Waals surface area contributed by atoms with Crippen molar-refractivity contribution in [2.24, 2.45) is 0 Å². The van der Waals surface area contributed by atoms with Gasteiger partial charge < -0.3 is 8.92 Å². The molecule has 0 aromatic heterocycles. The fourth-order valence-corrected chi connectivity index (χ4v) is 3.24. The summed E-state index contributed by atoms with van der Waals surface area (Å²) in [5.74, 6) is 0.640. The monoisotopic (exact) mass is 306 g/mol. The first kappa shape index (κ1) is 15.4. The Morgan fingerprint density at radius 3 is 2.19 bits per heavy atom. The standard InChI is InChI=1S/C16H18O4S/c1-11-9-10-12(2)16(13(11)3)20-21(17,18)15-8-6-5-7-14(15)19-4/h5-10H,1-4H3. The zero-order chi connectivity index (χ0) is 15.6. The highest BCUT2D eigenvalue weighted by molar-refractivity contribution is 7.87. The van der Waals surface area contributed by atoms with E-state index >= 15 is 0 Å². The summed E-state index contributed by atoms with van der Waals surface area (Å²) in [6, 6.07) is 10.2. The van der Waals surface area contributed by atoms with Gasteiger partial charge in [0.15, 0.2) is 0 Å². The Morgan fingerprint density at radius 1 is 0.905 bits per heavy atom. The lowest BCUT2D eigenvalue weighted by molar-refractivity contribution is 0.398. The molecule has 0 N–H and O–H groups in total. The molecular weight excluding hydrogens is 288 g/mol. The quantitative estimate of drug-likeness (QED) is 0.813. The molecule has 0 saturated heterocycles. The molecule has 0 saturated carbocycles. The van der Waals surface area contributed by atoms with Gasteiger partial charge in [-0.3, -0.25) is 0 Å². The van der Waals surface area contributed by atoms with Crippen molar-refractivity contribution in [3.05, 3.63) is 53.1 Å². The fourth-order valence-electron chi connectivity index (χ4n) is 2.03. The summed E-state index contributed by atoms with van der Waals surface area (Å²) in [6.07, 6.45) is 0. The molecule has 0 aliphatic carbocycles. The summed E-state index contributed by atoms with van der Waals surface area (Å²) in [4.78, 5) is 0.0211. The lowest BCUT2D eigenvalue weighted by Gasteiger charge is -2.15. The second-order valence-electron chi connectivity index (χ2n) is 4.84. The number of methoxy groups -OCH3 is 1. The SMILES string of the molecule is COc1ccccc1S(=O)(=O)Oc1c(C)ccc(C)c1C. The number of para-hydroxylation sites is 1. The summed E-state index contributed by atoms with van der Waals surface area (Å²) in [6.45, 7) is 5.58. The second-order valence-corrected chi connectivity index (χ2v) is 6.36. The number of hydrogen-bond donors (Lipinski definition) is 0. The molecule has 21 heavy (non-hydrogen) atoms. The first-order chi connectivity index (χ1) is 9.86. The largest absolute Gasteiger partial charge is 0.495 e. The summed E-state index contributed by atoms with van der Waals surface area (Å²) >= 11 is 0. The lowest BCUT2D eigenvalue weighted by Crippen LogP contribution is -2.13. The van der Waals surface area contributed by atoms with Crippen LogP contribution in [0, 0.1) is 20.8 Å². The Bertz CT molecular complexity index is 764. The van der Waals surface area contributed by atoms with Crippen LogP contribution in [0.5, 0.6) is 11.5 Å². The van der Waals surface area contributed by atoms with Gasteiger partial charge in [-0.25, -0.2) is 0 Å². The van der Waals surface area contributed by atoms with Gasteiger partial charge in [0, 0.05) is 0 Å². The highest BCUT2D eigenvalue weighted by Crippen LogP contribution is 2.31. The van der Waals surface area contributed by atoms with E-state index in [-0.39, 0.29) is 10.6 Å². The van der Waals surface area contributed by atoms with Gasteiger partial charge in [-0.15, -0.1) is 0 Å². The minimum atomic E-state index is -3.94. The van der Waals surface area contributed by atoms with Gasteiger partial charge in [-0.05, 0) is 49.6 Å². The number of rotatable bonds is 4. The van der Waals surface area contributed by atoms with Crippen LogP contribution in [0.1, 0.15) is 16.7 Å². The maximum atomic E-state index is 12.5. The van der Waals surface area contributed by atoms with Gasteiger partial charge in [0.05, 0.1) is 7.11 Å². The van der Waals surface area contributed by atoms with Gasteiger partial charge >= 0.3 is 10.1 Å². The fraction of sp³-hybridized carbons (Fsp3) is 0.250. The van der Waals surface area contributed by atoms with Gasteiger partial charge in [0.25, 0.3) is 0 Å². The zero-order valence-corrected chi connectivity index (χ0v) is 13.3. The molecule has 2 rings (SSSR count). The van der Waals surface area contributed by atoms with Crippen LogP contribution in [0.4, 0.5) is 0 Å². The molecular formula is C16H18O4S. The van der Waals surface area contributed by atoms with Gasteiger partial charge in [-0.1, -0.05) is 24.3 Å². The molecule has 0 radical (unpaired) electrons. The maximum absolute atomic E-state index is 12.5. The van der Waals surface area contributed by atoms with Crippen LogP contribution in [0.3, 0.4) is 0 Å².